The van der Waals surface area contributed by atoms with Crippen molar-refractivity contribution >= 4 is 32.4 Å². The molecule has 1 amide bonds. The van der Waals surface area contributed by atoms with Gasteiger partial charge in [0.1, 0.15) is 11.6 Å². The van der Waals surface area contributed by atoms with Crippen LogP contribution >= 0.6 is 0 Å². The number of rotatable bonds is 5. The lowest BCUT2D eigenvalue weighted by Crippen LogP contribution is -2.39. The fraction of sp³-hybridized carbons (Fsp3) is 0.389. The zero-order valence-corrected chi connectivity index (χ0v) is 16.4. The Labute approximate surface area is 158 Å². The molecule has 0 radical (unpaired) electrons. The smallest absolute Gasteiger partial charge is 0.407 e. The Morgan fingerprint density at radius 1 is 1.33 bits per heavy atom. The van der Waals surface area contributed by atoms with Crippen molar-refractivity contribution in [1.29, 1.82) is 5.26 Å². The molecule has 0 aliphatic rings. The summed E-state index contributed by atoms with van der Waals surface area (Å²) in [5.74, 6) is 0. The lowest BCUT2D eigenvalue weighted by atomic mass is 10.1. The zero-order chi connectivity index (χ0) is 20.2. The van der Waals surface area contributed by atoms with Gasteiger partial charge in [0.15, 0.2) is 9.84 Å². The van der Waals surface area contributed by atoms with Gasteiger partial charge in [-0.15, -0.1) is 0 Å². The number of nitrogens with zero attached hydrogens (tertiary/aromatic N) is 2. The first-order chi connectivity index (χ1) is 12.5. The van der Waals surface area contributed by atoms with Gasteiger partial charge >= 0.3 is 6.09 Å². The van der Waals surface area contributed by atoms with Gasteiger partial charge in [-0.1, -0.05) is 6.07 Å². The Hall–Kier alpha value is -2.86. The van der Waals surface area contributed by atoms with E-state index in [0.717, 1.165) is 11.6 Å². The fourth-order valence-corrected chi connectivity index (χ4v) is 2.95. The molecule has 0 spiro atoms. The van der Waals surface area contributed by atoms with Gasteiger partial charge < -0.3 is 15.4 Å². The highest BCUT2D eigenvalue weighted by Crippen LogP contribution is 2.25. The van der Waals surface area contributed by atoms with E-state index in [9.17, 15) is 18.5 Å². The number of amides is 1. The molecular weight excluding hydrogens is 368 g/mol. The highest BCUT2D eigenvalue weighted by atomic mass is 32.2. The minimum atomic E-state index is -3.37. The van der Waals surface area contributed by atoms with Crippen molar-refractivity contribution in [2.75, 3.05) is 18.1 Å². The summed E-state index contributed by atoms with van der Waals surface area (Å²) in [4.78, 5) is 16.0. The van der Waals surface area contributed by atoms with Crippen LogP contribution in [0.2, 0.25) is 0 Å². The third-order valence-electron chi connectivity index (χ3n) is 3.50. The number of hydrogen-bond acceptors (Lipinski definition) is 7. The quantitative estimate of drug-likeness (QED) is 0.804. The molecule has 0 saturated heterocycles. The SMILES string of the molecule is CC(C)(C)OC(=O)NCC(C#N)Nc1cncc2ccc(S(C)(=O)=O)cc12. The van der Waals surface area contributed by atoms with Crippen molar-refractivity contribution in [1.82, 2.24) is 10.3 Å². The molecule has 1 aromatic heterocycles. The number of aromatic nitrogens is 1. The van der Waals surface area contributed by atoms with Crippen LogP contribution in [0.5, 0.6) is 0 Å². The summed E-state index contributed by atoms with van der Waals surface area (Å²) in [6, 6.07) is 5.99. The van der Waals surface area contributed by atoms with Gasteiger partial charge in [0, 0.05) is 23.2 Å². The molecule has 1 atom stereocenters. The average molecular weight is 390 g/mol. The minimum absolute atomic E-state index is 0.00751. The van der Waals surface area contributed by atoms with Crippen molar-refractivity contribution in [3.63, 3.8) is 0 Å². The van der Waals surface area contributed by atoms with E-state index in [2.05, 4.69) is 21.7 Å². The molecule has 2 aromatic rings. The number of pyridine rings is 1. The number of nitriles is 1. The monoisotopic (exact) mass is 390 g/mol. The summed E-state index contributed by atoms with van der Waals surface area (Å²) in [6.45, 7) is 5.24. The molecule has 0 fully saturated rings. The number of carbonyl (C=O) groups excluding carboxylic acids is 1. The summed E-state index contributed by atoms with van der Waals surface area (Å²) >= 11 is 0. The van der Waals surface area contributed by atoms with E-state index in [4.69, 9.17) is 4.74 Å². The lowest BCUT2D eigenvalue weighted by molar-refractivity contribution is 0.0527. The standard InChI is InChI=1S/C18H22N4O4S/c1-18(2,3)26-17(23)21-10-13(8-19)22-16-11-20-9-12-5-6-14(7-15(12)16)27(4,24)25/h5-7,9,11,13,22H,10H2,1-4H3,(H,21,23). The molecule has 8 nitrogen and oxygen atoms in total. The molecule has 9 heteroatoms. The van der Waals surface area contributed by atoms with Crippen molar-refractivity contribution in [2.24, 2.45) is 0 Å². The average Bonchev–Trinajstić information content (AvgIpc) is 2.55. The lowest BCUT2D eigenvalue weighted by Gasteiger charge is -2.21. The number of anilines is 1. The molecule has 144 valence electrons. The first-order valence-electron chi connectivity index (χ1n) is 8.20. The molecule has 0 bridgehead atoms. The zero-order valence-electron chi connectivity index (χ0n) is 15.6. The normalized spacial score (nSPS) is 12.9. The Morgan fingerprint density at radius 3 is 2.63 bits per heavy atom. The van der Waals surface area contributed by atoms with Crippen molar-refractivity contribution in [3.8, 4) is 6.07 Å². The van der Waals surface area contributed by atoms with E-state index in [0.29, 0.717) is 11.1 Å². The summed E-state index contributed by atoms with van der Waals surface area (Å²) in [6.07, 6.45) is 3.62. The second-order valence-electron chi connectivity index (χ2n) is 7.05. The summed E-state index contributed by atoms with van der Waals surface area (Å²) < 4.78 is 28.8. The van der Waals surface area contributed by atoms with Gasteiger partial charge in [-0.25, -0.2) is 13.2 Å². The van der Waals surface area contributed by atoms with E-state index in [-0.39, 0.29) is 11.4 Å². The number of ether oxygens (including phenoxy) is 1. The van der Waals surface area contributed by atoms with Gasteiger partial charge in [0.05, 0.1) is 29.4 Å². The molecular formula is C18H22N4O4S. The Kier molecular flexibility index (Phi) is 5.91. The molecule has 1 aromatic carbocycles. The number of fused-ring (bicyclic) bond motifs is 1. The third kappa shape index (κ3) is 5.82. The molecule has 2 rings (SSSR count). The van der Waals surface area contributed by atoms with Crippen molar-refractivity contribution in [3.05, 3.63) is 30.6 Å². The number of alkyl carbamates (subject to hydrolysis) is 1. The van der Waals surface area contributed by atoms with Crippen LogP contribution in [0.3, 0.4) is 0 Å². The second kappa shape index (κ2) is 7.80. The maximum atomic E-state index is 11.8. The number of nitrogens with one attached hydrogen (secondary N) is 2. The largest absolute Gasteiger partial charge is 0.444 e. The topological polar surface area (TPSA) is 121 Å². The predicted octanol–water partition coefficient (Wildman–Crippen LogP) is 2.47. The van der Waals surface area contributed by atoms with Crippen LogP contribution < -0.4 is 10.6 Å². The predicted molar refractivity (Wildman–Crippen MR) is 102 cm³/mol. The molecule has 0 aliphatic heterocycles. The fourth-order valence-electron chi connectivity index (χ4n) is 2.30. The van der Waals surface area contributed by atoms with Crippen LogP contribution in [-0.2, 0) is 14.6 Å². The highest BCUT2D eigenvalue weighted by Gasteiger charge is 2.18. The van der Waals surface area contributed by atoms with E-state index in [1.165, 1.54) is 18.3 Å². The minimum Gasteiger partial charge on any atom is -0.444 e. The summed E-state index contributed by atoms with van der Waals surface area (Å²) in [5, 5.41) is 16.2. The van der Waals surface area contributed by atoms with E-state index in [1.807, 2.05) is 0 Å². The molecule has 0 aliphatic carbocycles. The molecule has 2 N–H and O–H groups in total. The van der Waals surface area contributed by atoms with E-state index < -0.39 is 27.6 Å². The molecule has 1 heterocycles. The van der Waals surface area contributed by atoms with Gasteiger partial charge in [0.25, 0.3) is 0 Å². The molecule has 27 heavy (non-hydrogen) atoms. The summed E-state index contributed by atoms with van der Waals surface area (Å²) in [5.41, 5.74) is -0.142. The van der Waals surface area contributed by atoms with Crippen LogP contribution in [0.25, 0.3) is 10.8 Å². The maximum absolute atomic E-state index is 11.8. The first kappa shape index (κ1) is 20.5. The van der Waals surface area contributed by atoms with Crippen LogP contribution in [0.15, 0.2) is 35.5 Å². The van der Waals surface area contributed by atoms with Crippen LogP contribution in [0.1, 0.15) is 20.8 Å². The van der Waals surface area contributed by atoms with Gasteiger partial charge in [-0.2, -0.15) is 5.26 Å². The van der Waals surface area contributed by atoms with E-state index >= 15 is 0 Å². The van der Waals surface area contributed by atoms with Crippen LogP contribution in [0.4, 0.5) is 10.5 Å². The first-order valence-corrected chi connectivity index (χ1v) is 10.1. The molecule has 0 saturated carbocycles. The Balaban J connectivity index is 2.20. The Bertz CT molecular complexity index is 991. The molecule has 1 unspecified atom stereocenters. The van der Waals surface area contributed by atoms with Gasteiger partial charge in [-0.3, -0.25) is 4.98 Å². The van der Waals surface area contributed by atoms with Crippen LogP contribution in [0, 0.1) is 11.3 Å². The summed E-state index contributed by atoms with van der Waals surface area (Å²) in [7, 11) is -3.37. The highest BCUT2D eigenvalue weighted by molar-refractivity contribution is 7.90. The van der Waals surface area contributed by atoms with Gasteiger partial charge in [0.2, 0.25) is 0 Å². The second-order valence-corrected chi connectivity index (χ2v) is 9.07. The van der Waals surface area contributed by atoms with Gasteiger partial charge in [-0.05, 0) is 32.9 Å². The van der Waals surface area contributed by atoms with Crippen molar-refractivity contribution in [2.45, 2.75) is 37.3 Å². The number of carbonyl (C=O) groups is 1. The van der Waals surface area contributed by atoms with Crippen molar-refractivity contribution < 1.29 is 17.9 Å². The maximum Gasteiger partial charge on any atom is 0.407 e. The third-order valence-corrected chi connectivity index (χ3v) is 4.61. The Morgan fingerprint density at radius 2 is 2.04 bits per heavy atom. The van der Waals surface area contributed by atoms with Crippen LogP contribution in [-0.4, -0.2) is 43.9 Å². The number of sulfone groups is 1. The number of benzene rings is 1. The number of hydrogen-bond donors (Lipinski definition) is 2. The van der Waals surface area contributed by atoms with E-state index in [1.54, 1.807) is 33.0 Å².